The number of benzene rings is 1. The van der Waals surface area contributed by atoms with Crippen LogP contribution in [0.15, 0.2) is 18.2 Å². The lowest BCUT2D eigenvalue weighted by Crippen LogP contribution is -2.37. The van der Waals surface area contributed by atoms with E-state index in [9.17, 15) is 9.18 Å². The summed E-state index contributed by atoms with van der Waals surface area (Å²) in [6.45, 7) is 6.88. The number of halogens is 1. The van der Waals surface area contributed by atoms with Gasteiger partial charge in [-0.05, 0) is 57.0 Å². The largest absolute Gasteiger partial charge is 0.469 e. The van der Waals surface area contributed by atoms with E-state index in [0.29, 0.717) is 6.54 Å². The first-order valence-electron chi connectivity index (χ1n) is 6.41. The molecule has 0 amide bonds. The quantitative estimate of drug-likeness (QED) is 0.635. The molecular formula is C15H22FNO2. The summed E-state index contributed by atoms with van der Waals surface area (Å²) >= 11 is 0. The summed E-state index contributed by atoms with van der Waals surface area (Å²) in [6, 6.07) is 4.81. The molecule has 0 radical (unpaired) electrons. The minimum absolute atomic E-state index is 0.207. The van der Waals surface area contributed by atoms with Gasteiger partial charge in [-0.15, -0.1) is 0 Å². The Hall–Kier alpha value is -1.42. The second kappa shape index (κ2) is 6.66. The molecule has 0 aromatic heterocycles. The smallest absolute Gasteiger partial charge is 0.312 e. The van der Waals surface area contributed by atoms with Crippen molar-refractivity contribution < 1.29 is 13.9 Å². The Morgan fingerprint density at radius 2 is 2.11 bits per heavy atom. The van der Waals surface area contributed by atoms with Crippen LogP contribution in [0.4, 0.5) is 4.39 Å². The lowest BCUT2D eigenvalue weighted by Gasteiger charge is -2.21. The van der Waals surface area contributed by atoms with Gasteiger partial charge in [0.15, 0.2) is 0 Å². The average molecular weight is 267 g/mol. The predicted molar refractivity (Wildman–Crippen MR) is 73.5 cm³/mol. The lowest BCUT2D eigenvalue weighted by molar-refractivity contribution is -0.150. The standard InChI is InChI=1S/C15H22FNO2/c1-11-9-13(16)6-5-12(11)7-8-17-10-15(2,3)14(18)19-4/h5-6,9,17H,7-8,10H2,1-4H3. The van der Waals surface area contributed by atoms with Gasteiger partial charge in [0.1, 0.15) is 5.82 Å². The van der Waals surface area contributed by atoms with Crippen molar-refractivity contribution in [1.29, 1.82) is 0 Å². The van der Waals surface area contributed by atoms with Crippen molar-refractivity contribution in [1.82, 2.24) is 5.32 Å². The van der Waals surface area contributed by atoms with Gasteiger partial charge in [0.2, 0.25) is 0 Å². The normalized spacial score (nSPS) is 11.4. The second-order valence-corrected chi connectivity index (χ2v) is 5.37. The topological polar surface area (TPSA) is 38.3 Å². The van der Waals surface area contributed by atoms with Crippen LogP contribution in [0.1, 0.15) is 25.0 Å². The fourth-order valence-electron chi connectivity index (χ4n) is 1.91. The number of esters is 1. The van der Waals surface area contributed by atoms with Crippen molar-refractivity contribution in [2.45, 2.75) is 27.2 Å². The number of rotatable bonds is 6. The third-order valence-corrected chi connectivity index (χ3v) is 3.18. The SMILES string of the molecule is COC(=O)C(C)(C)CNCCc1ccc(F)cc1C. The molecule has 3 nitrogen and oxygen atoms in total. The number of nitrogens with one attached hydrogen (secondary N) is 1. The van der Waals surface area contributed by atoms with Crippen LogP contribution in [0, 0.1) is 18.2 Å². The monoisotopic (exact) mass is 267 g/mol. The zero-order valence-corrected chi connectivity index (χ0v) is 12.0. The second-order valence-electron chi connectivity index (χ2n) is 5.37. The van der Waals surface area contributed by atoms with Crippen LogP contribution >= 0.6 is 0 Å². The minimum atomic E-state index is -0.535. The van der Waals surface area contributed by atoms with Crippen molar-refractivity contribution >= 4 is 5.97 Å². The third kappa shape index (κ3) is 4.63. The van der Waals surface area contributed by atoms with Gasteiger partial charge in [0.25, 0.3) is 0 Å². The molecule has 0 heterocycles. The molecule has 1 aromatic carbocycles. The van der Waals surface area contributed by atoms with E-state index >= 15 is 0 Å². The Morgan fingerprint density at radius 3 is 2.68 bits per heavy atom. The van der Waals surface area contributed by atoms with Crippen LogP contribution in [-0.2, 0) is 16.0 Å². The fraction of sp³-hybridized carbons (Fsp3) is 0.533. The van der Waals surface area contributed by atoms with Gasteiger partial charge in [0.05, 0.1) is 12.5 Å². The summed E-state index contributed by atoms with van der Waals surface area (Å²) in [5.74, 6) is -0.431. The van der Waals surface area contributed by atoms with Crippen LogP contribution in [0.2, 0.25) is 0 Å². The summed E-state index contributed by atoms with van der Waals surface area (Å²) in [5.41, 5.74) is 1.53. The molecule has 0 bridgehead atoms. The van der Waals surface area contributed by atoms with E-state index in [2.05, 4.69) is 5.32 Å². The summed E-state index contributed by atoms with van der Waals surface area (Å²) in [4.78, 5) is 11.5. The van der Waals surface area contributed by atoms with Gasteiger partial charge >= 0.3 is 5.97 Å². The zero-order valence-electron chi connectivity index (χ0n) is 12.0. The van der Waals surface area contributed by atoms with E-state index in [1.165, 1.54) is 19.2 Å². The number of ether oxygens (including phenoxy) is 1. The molecule has 19 heavy (non-hydrogen) atoms. The van der Waals surface area contributed by atoms with E-state index in [1.807, 2.05) is 20.8 Å². The van der Waals surface area contributed by atoms with Crippen LogP contribution in [0.5, 0.6) is 0 Å². The predicted octanol–water partition coefficient (Wildman–Crippen LogP) is 2.47. The van der Waals surface area contributed by atoms with Crippen molar-refractivity contribution in [3.05, 3.63) is 35.1 Å². The van der Waals surface area contributed by atoms with Crippen molar-refractivity contribution in [2.75, 3.05) is 20.2 Å². The fourth-order valence-corrected chi connectivity index (χ4v) is 1.91. The molecule has 0 aliphatic carbocycles. The Labute approximate surface area is 114 Å². The van der Waals surface area contributed by atoms with Gasteiger partial charge in [-0.2, -0.15) is 0 Å². The molecule has 0 atom stereocenters. The molecule has 1 N–H and O–H groups in total. The van der Waals surface area contributed by atoms with Gasteiger partial charge in [-0.3, -0.25) is 4.79 Å². The summed E-state index contributed by atoms with van der Waals surface area (Å²) in [6.07, 6.45) is 0.809. The van der Waals surface area contributed by atoms with Crippen LogP contribution in [0.25, 0.3) is 0 Å². The van der Waals surface area contributed by atoms with E-state index in [4.69, 9.17) is 4.74 Å². The van der Waals surface area contributed by atoms with Crippen LogP contribution in [0.3, 0.4) is 0 Å². The summed E-state index contributed by atoms with van der Waals surface area (Å²) in [7, 11) is 1.39. The molecule has 1 rings (SSSR count). The minimum Gasteiger partial charge on any atom is -0.469 e. The molecule has 0 saturated heterocycles. The number of methoxy groups -OCH3 is 1. The van der Waals surface area contributed by atoms with Crippen LogP contribution < -0.4 is 5.32 Å². The van der Waals surface area contributed by atoms with Gasteiger partial charge in [0, 0.05) is 6.54 Å². The first kappa shape index (κ1) is 15.6. The molecule has 1 aromatic rings. The number of aryl methyl sites for hydroxylation is 1. The number of carbonyl (C=O) groups excluding carboxylic acids is 1. The molecule has 0 saturated carbocycles. The summed E-state index contributed by atoms with van der Waals surface area (Å²) < 4.78 is 17.7. The highest BCUT2D eigenvalue weighted by molar-refractivity contribution is 5.76. The number of hydrogen-bond donors (Lipinski definition) is 1. The zero-order chi connectivity index (χ0) is 14.5. The molecular weight excluding hydrogens is 245 g/mol. The van der Waals surface area contributed by atoms with E-state index in [-0.39, 0.29) is 11.8 Å². The maximum absolute atomic E-state index is 13.0. The average Bonchev–Trinajstić information content (AvgIpc) is 2.35. The van der Waals surface area contributed by atoms with Crippen molar-refractivity contribution in [3.8, 4) is 0 Å². The number of hydrogen-bond acceptors (Lipinski definition) is 3. The first-order chi connectivity index (χ1) is 8.86. The van der Waals surface area contributed by atoms with Crippen molar-refractivity contribution in [3.63, 3.8) is 0 Å². The van der Waals surface area contributed by atoms with E-state index in [1.54, 1.807) is 6.07 Å². The maximum atomic E-state index is 13.0. The Bertz CT molecular complexity index is 444. The highest BCUT2D eigenvalue weighted by Crippen LogP contribution is 2.15. The molecule has 0 aliphatic heterocycles. The van der Waals surface area contributed by atoms with Gasteiger partial charge < -0.3 is 10.1 Å². The highest BCUT2D eigenvalue weighted by Gasteiger charge is 2.27. The van der Waals surface area contributed by atoms with E-state index < -0.39 is 5.41 Å². The summed E-state index contributed by atoms with van der Waals surface area (Å²) in [5, 5.41) is 3.24. The van der Waals surface area contributed by atoms with Gasteiger partial charge in [-0.1, -0.05) is 6.07 Å². The molecule has 0 spiro atoms. The Balaban J connectivity index is 2.41. The molecule has 0 unspecified atom stereocenters. The lowest BCUT2D eigenvalue weighted by atomic mass is 9.93. The third-order valence-electron chi connectivity index (χ3n) is 3.18. The van der Waals surface area contributed by atoms with Gasteiger partial charge in [-0.25, -0.2) is 4.39 Å². The molecule has 0 fully saturated rings. The van der Waals surface area contributed by atoms with Crippen molar-refractivity contribution in [2.24, 2.45) is 5.41 Å². The number of carbonyl (C=O) groups is 1. The van der Waals surface area contributed by atoms with E-state index in [0.717, 1.165) is 24.1 Å². The molecule has 0 aliphatic rings. The molecule has 106 valence electrons. The Kier molecular flexibility index (Phi) is 5.48. The van der Waals surface area contributed by atoms with Crippen LogP contribution in [-0.4, -0.2) is 26.2 Å². The Morgan fingerprint density at radius 1 is 1.42 bits per heavy atom. The first-order valence-corrected chi connectivity index (χ1v) is 6.41. The maximum Gasteiger partial charge on any atom is 0.312 e. The molecule has 4 heteroatoms. The highest BCUT2D eigenvalue weighted by atomic mass is 19.1.